The van der Waals surface area contributed by atoms with E-state index in [0.29, 0.717) is 0 Å². The Bertz CT molecular complexity index is 809. The number of benzene rings is 3. The molecule has 3 aromatic carbocycles. The molecule has 3 aromatic rings. The Morgan fingerprint density at radius 1 is 0.846 bits per heavy atom. The summed E-state index contributed by atoms with van der Waals surface area (Å²) in [5.41, 5.74) is 4.39. The molecule has 3 heteroatoms. The lowest BCUT2D eigenvalue weighted by atomic mass is 10.0. The van der Waals surface area contributed by atoms with E-state index in [4.69, 9.17) is 0 Å². The van der Waals surface area contributed by atoms with Gasteiger partial charge in [-0.1, -0.05) is 72.8 Å². The first-order valence-corrected chi connectivity index (χ1v) is 9.70. The van der Waals surface area contributed by atoms with Crippen LogP contribution in [0.25, 0.3) is 0 Å². The monoisotopic (exact) mass is 361 g/mol. The minimum Gasteiger partial charge on any atom is -0.325 e. The number of nitrogens with one attached hydrogen (secondary N) is 1. The maximum atomic E-state index is 12.7. The first-order valence-electron chi connectivity index (χ1n) is 8.76. The number of rotatable bonds is 6. The molecule has 0 saturated heterocycles. The number of anilines is 1. The van der Waals surface area contributed by atoms with Gasteiger partial charge in [0, 0.05) is 5.69 Å². The van der Waals surface area contributed by atoms with Crippen molar-refractivity contribution in [3.05, 3.63) is 102 Å². The third-order valence-corrected chi connectivity index (χ3v) is 5.64. The average Bonchev–Trinajstić information content (AvgIpc) is 2.67. The molecule has 1 unspecified atom stereocenters. The summed E-state index contributed by atoms with van der Waals surface area (Å²) in [6, 6.07) is 28.6. The number of aryl methyl sites for hydroxylation is 1. The smallest absolute Gasteiger partial charge is 0.237 e. The van der Waals surface area contributed by atoms with Crippen LogP contribution in [0.4, 0.5) is 5.69 Å². The normalized spacial score (nSPS) is 12.0. The molecule has 0 bridgehead atoms. The molecule has 0 aliphatic heterocycles. The van der Waals surface area contributed by atoms with E-state index in [-0.39, 0.29) is 16.4 Å². The van der Waals surface area contributed by atoms with Crippen molar-refractivity contribution < 1.29 is 4.79 Å². The molecule has 0 aliphatic rings. The van der Waals surface area contributed by atoms with Crippen molar-refractivity contribution in [3.8, 4) is 0 Å². The van der Waals surface area contributed by atoms with Crippen LogP contribution in [0.2, 0.25) is 0 Å². The first-order chi connectivity index (χ1) is 12.6. The standard InChI is InChI=1S/C23H23NOS/c1-17-10-9-15-21(16-17)24-23(25)18(2)26-22(19-11-5-3-6-12-19)20-13-7-4-8-14-20/h3-16,18,22H,1-2H3,(H,24,25). The topological polar surface area (TPSA) is 29.1 Å². The quantitative estimate of drug-likeness (QED) is 0.597. The van der Waals surface area contributed by atoms with Crippen molar-refractivity contribution in [2.45, 2.75) is 24.3 Å². The summed E-state index contributed by atoms with van der Waals surface area (Å²) in [5, 5.41) is 2.97. The third kappa shape index (κ3) is 4.77. The fourth-order valence-corrected chi connectivity index (χ4v) is 4.06. The zero-order valence-electron chi connectivity index (χ0n) is 15.1. The number of thioether (sulfide) groups is 1. The van der Waals surface area contributed by atoms with Gasteiger partial charge in [0.1, 0.15) is 0 Å². The molecule has 1 atom stereocenters. The SMILES string of the molecule is Cc1cccc(NC(=O)C(C)SC(c2ccccc2)c2ccccc2)c1. The second-order valence-corrected chi connectivity index (χ2v) is 7.79. The lowest BCUT2D eigenvalue weighted by Crippen LogP contribution is -2.23. The van der Waals surface area contributed by atoms with Gasteiger partial charge in [0.2, 0.25) is 5.91 Å². The molecule has 1 amide bonds. The molecule has 2 nitrogen and oxygen atoms in total. The van der Waals surface area contributed by atoms with Crippen molar-refractivity contribution in [1.29, 1.82) is 0 Å². The molecule has 132 valence electrons. The van der Waals surface area contributed by atoms with Gasteiger partial charge in [-0.25, -0.2) is 0 Å². The Hall–Kier alpha value is -2.52. The van der Waals surface area contributed by atoms with Gasteiger partial charge in [0.25, 0.3) is 0 Å². The fourth-order valence-electron chi connectivity index (χ4n) is 2.84. The summed E-state index contributed by atoms with van der Waals surface area (Å²) >= 11 is 1.67. The molecule has 0 radical (unpaired) electrons. The van der Waals surface area contributed by atoms with E-state index < -0.39 is 0 Å². The Kier molecular flexibility index (Phi) is 6.13. The van der Waals surface area contributed by atoms with Crippen LogP contribution in [0.15, 0.2) is 84.9 Å². The molecule has 3 rings (SSSR count). The molecule has 0 saturated carbocycles. The van der Waals surface area contributed by atoms with Gasteiger partial charge in [-0.3, -0.25) is 4.79 Å². The summed E-state index contributed by atoms with van der Waals surface area (Å²) in [6.07, 6.45) is 0. The van der Waals surface area contributed by atoms with E-state index in [1.807, 2.05) is 74.5 Å². The van der Waals surface area contributed by atoms with Crippen LogP contribution in [-0.4, -0.2) is 11.2 Å². The van der Waals surface area contributed by atoms with E-state index in [0.717, 1.165) is 11.3 Å². The van der Waals surface area contributed by atoms with E-state index in [1.165, 1.54) is 11.1 Å². The van der Waals surface area contributed by atoms with Crippen LogP contribution in [-0.2, 0) is 4.79 Å². The first kappa shape index (κ1) is 18.3. The van der Waals surface area contributed by atoms with Crippen molar-refractivity contribution in [1.82, 2.24) is 0 Å². The molecule has 0 fully saturated rings. The average molecular weight is 362 g/mol. The summed E-state index contributed by atoms with van der Waals surface area (Å²) in [4.78, 5) is 12.7. The molecular formula is C23H23NOS. The fraction of sp³-hybridized carbons (Fsp3) is 0.174. The number of hydrogen-bond donors (Lipinski definition) is 1. The second kappa shape index (κ2) is 8.72. The van der Waals surface area contributed by atoms with Gasteiger partial charge in [0.15, 0.2) is 0 Å². The van der Waals surface area contributed by atoms with Crippen molar-refractivity contribution >= 4 is 23.4 Å². The van der Waals surface area contributed by atoms with E-state index in [2.05, 4.69) is 29.6 Å². The summed E-state index contributed by atoms with van der Waals surface area (Å²) in [6.45, 7) is 3.99. The number of carbonyl (C=O) groups excluding carboxylic acids is 1. The lowest BCUT2D eigenvalue weighted by Gasteiger charge is -2.21. The van der Waals surface area contributed by atoms with Crippen molar-refractivity contribution in [3.63, 3.8) is 0 Å². The van der Waals surface area contributed by atoms with Crippen LogP contribution in [0.1, 0.15) is 28.9 Å². The van der Waals surface area contributed by atoms with Gasteiger partial charge >= 0.3 is 0 Å². The van der Waals surface area contributed by atoms with Crippen molar-refractivity contribution in [2.75, 3.05) is 5.32 Å². The summed E-state index contributed by atoms with van der Waals surface area (Å²) in [5.74, 6) is 0.0254. The molecule has 1 N–H and O–H groups in total. The molecular weight excluding hydrogens is 338 g/mol. The van der Waals surface area contributed by atoms with Gasteiger partial charge in [-0.15, -0.1) is 11.8 Å². The highest BCUT2D eigenvalue weighted by Gasteiger charge is 2.22. The molecule has 0 spiro atoms. The highest BCUT2D eigenvalue weighted by molar-refractivity contribution is 8.01. The van der Waals surface area contributed by atoms with Crippen LogP contribution < -0.4 is 5.32 Å². The minimum absolute atomic E-state index is 0.0254. The van der Waals surface area contributed by atoms with E-state index in [1.54, 1.807) is 11.8 Å². The predicted molar refractivity (Wildman–Crippen MR) is 112 cm³/mol. The van der Waals surface area contributed by atoms with Gasteiger partial charge in [0.05, 0.1) is 10.5 Å². The zero-order valence-corrected chi connectivity index (χ0v) is 15.9. The Balaban J connectivity index is 1.77. The number of carbonyl (C=O) groups is 1. The minimum atomic E-state index is -0.180. The maximum Gasteiger partial charge on any atom is 0.237 e. The number of hydrogen-bond acceptors (Lipinski definition) is 2. The summed E-state index contributed by atoms with van der Waals surface area (Å²) in [7, 11) is 0. The van der Waals surface area contributed by atoms with Gasteiger partial charge in [-0.2, -0.15) is 0 Å². The van der Waals surface area contributed by atoms with Crippen molar-refractivity contribution in [2.24, 2.45) is 0 Å². The lowest BCUT2D eigenvalue weighted by molar-refractivity contribution is -0.115. The second-order valence-electron chi connectivity index (χ2n) is 6.34. The molecule has 0 aromatic heterocycles. The Labute approximate surface area is 159 Å². The Morgan fingerprint density at radius 3 is 1.96 bits per heavy atom. The van der Waals surface area contributed by atoms with Crippen LogP contribution in [0.3, 0.4) is 0 Å². The largest absolute Gasteiger partial charge is 0.325 e. The highest BCUT2D eigenvalue weighted by atomic mass is 32.2. The van der Waals surface area contributed by atoms with E-state index in [9.17, 15) is 4.79 Å². The highest BCUT2D eigenvalue weighted by Crippen LogP contribution is 2.38. The summed E-state index contributed by atoms with van der Waals surface area (Å²) < 4.78 is 0. The molecule has 26 heavy (non-hydrogen) atoms. The van der Waals surface area contributed by atoms with E-state index >= 15 is 0 Å². The maximum absolute atomic E-state index is 12.7. The van der Waals surface area contributed by atoms with Crippen LogP contribution >= 0.6 is 11.8 Å². The van der Waals surface area contributed by atoms with Gasteiger partial charge in [-0.05, 0) is 42.7 Å². The number of amides is 1. The molecule has 0 heterocycles. The predicted octanol–water partition coefficient (Wildman–Crippen LogP) is 5.84. The zero-order chi connectivity index (χ0) is 18.4. The van der Waals surface area contributed by atoms with Gasteiger partial charge < -0.3 is 5.32 Å². The van der Waals surface area contributed by atoms with Crippen LogP contribution in [0, 0.1) is 6.92 Å². The molecule has 0 aliphatic carbocycles. The Morgan fingerprint density at radius 2 is 1.42 bits per heavy atom. The third-order valence-electron chi connectivity index (χ3n) is 4.20. The van der Waals surface area contributed by atoms with Crippen LogP contribution in [0.5, 0.6) is 0 Å².